The van der Waals surface area contributed by atoms with Gasteiger partial charge in [0.05, 0.1) is 5.01 Å². The van der Waals surface area contributed by atoms with Crippen LogP contribution in [0.1, 0.15) is 36.4 Å². The number of rotatable bonds is 4. The molecule has 0 aromatic carbocycles. The molecule has 2 nitrogen and oxygen atoms in total. The van der Waals surface area contributed by atoms with Crippen LogP contribution in [0.15, 0.2) is 5.38 Å². The van der Waals surface area contributed by atoms with Gasteiger partial charge >= 0.3 is 0 Å². The molecule has 1 aliphatic rings. The van der Waals surface area contributed by atoms with Gasteiger partial charge in [-0.15, -0.1) is 11.3 Å². The van der Waals surface area contributed by atoms with Crippen molar-refractivity contribution < 1.29 is 0 Å². The van der Waals surface area contributed by atoms with Crippen LogP contribution in [0.4, 0.5) is 0 Å². The number of hydrogen-bond donors (Lipinski definition) is 1. The molecule has 78 valence electrons. The average molecular weight is 210 g/mol. The molecule has 0 amide bonds. The van der Waals surface area contributed by atoms with Gasteiger partial charge in [-0.25, -0.2) is 4.98 Å². The molecule has 1 aliphatic carbocycles. The van der Waals surface area contributed by atoms with Crippen molar-refractivity contribution in [1.29, 1.82) is 0 Å². The van der Waals surface area contributed by atoms with Crippen molar-refractivity contribution in [2.24, 2.45) is 11.7 Å². The Morgan fingerprint density at radius 3 is 2.93 bits per heavy atom. The second-order valence-corrected chi connectivity index (χ2v) is 5.32. The SMILES string of the molecule is Cc1csc(CC(N)CC2CCC2)n1. The number of nitrogens with two attached hydrogens (primary N) is 1. The molecule has 0 saturated heterocycles. The first kappa shape index (κ1) is 10.1. The molecule has 14 heavy (non-hydrogen) atoms. The summed E-state index contributed by atoms with van der Waals surface area (Å²) in [5.41, 5.74) is 7.22. The van der Waals surface area contributed by atoms with Gasteiger partial charge in [0, 0.05) is 23.5 Å². The van der Waals surface area contributed by atoms with Crippen molar-refractivity contribution in [3.63, 3.8) is 0 Å². The van der Waals surface area contributed by atoms with Crippen LogP contribution in [-0.4, -0.2) is 11.0 Å². The van der Waals surface area contributed by atoms with E-state index in [-0.39, 0.29) is 0 Å². The second-order valence-electron chi connectivity index (χ2n) is 4.38. The molecule has 2 N–H and O–H groups in total. The first-order valence-corrected chi connectivity index (χ1v) is 6.28. The van der Waals surface area contributed by atoms with E-state index in [1.807, 2.05) is 6.92 Å². The fraction of sp³-hybridized carbons (Fsp3) is 0.727. The first-order chi connectivity index (χ1) is 6.74. The number of nitrogens with zero attached hydrogens (tertiary/aromatic N) is 1. The standard InChI is InChI=1S/C11H18N2S/c1-8-7-14-11(13-8)6-10(12)5-9-3-2-4-9/h7,9-10H,2-6,12H2,1H3. The van der Waals surface area contributed by atoms with Crippen molar-refractivity contribution in [1.82, 2.24) is 4.98 Å². The summed E-state index contributed by atoms with van der Waals surface area (Å²) in [6, 6.07) is 0.325. The maximum Gasteiger partial charge on any atom is 0.0943 e. The van der Waals surface area contributed by atoms with Crippen molar-refractivity contribution in [3.05, 3.63) is 16.1 Å². The lowest BCUT2D eigenvalue weighted by molar-refractivity contribution is 0.275. The summed E-state index contributed by atoms with van der Waals surface area (Å²) >= 11 is 1.74. The van der Waals surface area contributed by atoms with E-state index in [0.29, 0.717) is 6.04 Å². The third-order valence-corrected chi connectivity index (χ3v) is 3.95. The highest BCUT2D eigenvalue weighted by molar-refractivity contribution is 7.09. The van der Waals surface area contributed by atoms with Crippen LogP contribution >= 0.6 is 11.3 Å². The molecule has 1 atom stereocenters. The summed E-state index contributed by atoms with van der Waals surface area (Å²) < 4.78 is 0. The molecule has 1 fully saturated rings. The van der Waals surface area contributed by atoms with Crippen LogP contribution in [0.3, 0.4) is 0 Å². The molecule has 1 unspecified atom stereocenters. The molecule has 0 aliphatic heterocycles. The van der Waals surface area contributed by atoms with E-state index >= 15 is 0 Å². The van der Waals surface area contributed by atoms with Crippen molar-refractivity contribution in [2.75, 3.05) is 0 Å². The van der Waals surface area contributed by atoms with Gasteiger partial charge in [-0.2, -0.15) is 0 Å². The quantitative estimate of drug-likeness (QED) is 0.829. The molecule has 0 spiro atoms. The highest BCUT2D eigenvalue weighted by Crippen LogP contribution is 2.30. The number of aromatic nitrogens is 1. The Kier molecular flexibility index (Phi) is 3.19. The molecular weight excluding hydrogens is 192 g/mol. The van der Waals surface area contributed by atoms with E-state index in [9.17, 15) is 0 Å². The smallest absolute Gasteiger partial charge is 0.0943 e. The predicted molar refractivity (Wildman–Crippen MR) is 60.5 cm³/mol. The number of thiazole rings is 1. The maximum absolute atomic E-state index is 6.09. The van der Waals surface area contributed by atoms with Crippen LogP contribution in [0.25, 0.3) is 0 Å². The minimum Gasteiger partial charge on any atom is -0.327 e. The molecule has 0 bridgehead atoms. The zero-order chi connectivity index (χ0) is 9.97. The minimum atomic E-state index is 0.325. The fourth-order valence-electron chi connectivity index (χ4n) is 1.96. The minimum absolute atomic E-state index is 0.325. The van der Waals surface area contributed by atoms with E-state index in [2.05, 4.69) is 10.4 Å². The molecule has 1 aromatic rings. The Hall–Kier alpha value is -0.410. The fourth-order valence-corrected chi connectivity index (χ4v) is 2.83. The van der Waals surface area contributed by atoms with Crippen LogP contribution < -0.4 is 5.73 Å². The van der Waals surface area contributed by atoms with E-state index in [1.54, 1.807) is 11.3 Å². The molecule has 1 heterocycles. The average Bonchev–Trinajstić information content (AvgIpc) is 2.44. The summed E-state index contributed by atoms with van der Waals surface area (Å²) in [5, 5.41) is 3.31. The topological polar surface area (TPSA) is 38.9 Å². The Labute approximate surface area is 89.5 Å². The summed E-state index contributed by atoms with van der Waals surface area (Å²) in [6.45, 7) is 2.04. The lowest BCUT2D eigenvalue weighted by Gasteiger charge is -2.27. The van der Waals surface area contributed by atoms with Gasteiger partial charge < -0.3 is 5.73 Å². The normalized spacial score (nSPS) is 19.3. The molecule has 1 saturated carbocycles. The van der Waals surface area contributed by atoms with Crippen LogP contribution in [0.2, 0.25) is 0 Å². The van der Waals surface area contributed by atoms with Crippen molar-refractivity contribution in [2.45, 2.75) is 45.1 Å². The Morgan fingerprint density at radius 2 is 2.43 bits per heavy atom. The third-order valence-electron chi connectivity index (χ3n) is 2.96. The molecule has 1 aromatic heterocycles. The molecule has 3 heteroatoms. The van der Waals surface area contributed by atoms with Gasteiger partial charge in [0.15, 0.2) is 0 Å². The Balaban J connectivity index is 1.78. The van der Waals surface area contributed by atoms with Crippen LogP contribution in [-0.2, 0) is 6.42 Å². The van der Waals surface area contributed by atoms with Crippen LogP contribution in [0.5, 0.6) is 0 Å². The molecule has 2 rings (SSSR count). The van der Waals surface area contributed by atoms with Gasteiger partial charge in [0.1, 0.15) is 0 Å². The van der Waals surface area contributed by atoms with Crippen molar-refractivity contribution in [3.8, 4) is 0 Å². The first-order valence-electron chi connectivity index (χ1n) is 5.40. The maximum atomic E-state index is 6.09. The summed E-state index contributed by atoms with van der Waals surface area (Å²) in [4.78, 5) is 4.44. The number of aryl methyl sites for hydroxylation is 1. The lowest BCUT2D eigenvalue weighted by atomic mass is 9.80. The van der Waals surface area contributed by atoms with E-state index in [1.165, 1.54) is 30.7 Å². The van der Waals surface area contributed by atoms with Gasteiger partial charge in [0.25, 0.3) is 0 Å². The predicted octanol–water partition coefficient (Wildman–Crippen LogP) is 2.51. The van der Waals surface area contributed by atoms with E-state index < -0.39 is 0 Å². The summed E-state index contributed by atoms with van der Waals surface area (Å²) in [6.07, 6.45) is 6.36. The van der Waals surface area contributed by atoms with Crippen molar-refractivity contribution >= 4 is 11.3 Å². The van der Waals surface area contributed by atoms with Gasteiger partial charge in [-0.05, 0) is 19.3 Å². The second kappa shape index (κ2) is 4.41. The largest absolute Gasteiger partial charge is 0.327 e. The van der Waals surface area contributed by atoms with E-state index in [0.717, 1.165) is 18.0 Å². The van der Waals surface area contributed by atoms with Gasteiger partial charge in [-0.3, -0.25) is 0 Å². The Bertz CT molecular complexity index is 291. The lowest BCUT2D eigenvalue weighted by Crippen LogP contribution is -2.28. The zero-order valence-corrected chi connectivity index (χ0v) is 9.52. The van der Waals surface area contributed by atoms with E-state index in [4.69, 9.17) is 5.73 Å². The summed E-state index contributed by atoms with van der Waals surface area (Å²) in [7, 11) is 0. The zero-order valence-electron chi connectivity index (χ0n) is 8.70. The summed E-state index contributed by atoms with van der Waals surface area (Å²) in [5.74, 6) is 0.908. The monoisotopic (exact) mass is 210 g/mol. The number of hydrogen-bond acceptors (Lipinski definition) is 3. The molecular formula is C11H18N2S. The van der Waals surface area contributed by atoms with Crippen LogP contribution in [0, 0.1) is 12.8 Å². The van der Waals surface area contributed by atoms with Gasteiger partial charge in [0.2, 0.25) is 0 Å². The van der Waals surface area contributed by atoms with Gasteiger partial charge in [-0.1, -0.05) is 19.3 Å². The Morgan fingerprint density at radius 1 is 1.64 bits per heavy atom. The highest BCUT2D eigenvalue weighted by Gasteiger charge is 2.20. The molecule has 0 radical (unpaired) electrons. The third kappa shape index (κ3) is 2.55. The highest BCUT2D eigenvalue weighted by atomic mass is 32.1.